The molecule has 0 aromatic heterocycles. The van der Waals surface area contributed by atoms with Crippen molar-refractivity contribution in [2.75, 3.05) is 42.7 Å². The van der Waals surface area contributed by atoms with Crippen LogP contribution < -0.4 is 56.8 Å². The maximum absolute atomic E-state index is 14.8. The van der Waals surface area contributed by atoms with Crippen LogP contribution in [0.5, 0.6) is 69.0 Å². The van der Waals surface area contributed by atoms with E-state index >= 15 is 0 Å². The summed E-state index contributed by atoms with van der Waals surface area (Å²) in [6, 6.07) is 54.8. The summed E-state index contributed by atoms with van der Waals surface area (Å²) in [5.74, 6) is -4.27. The lowest BCUT2D eigenvalue weighted by atomic mass is 9.93. The molecule has 6 fully saturated rings. The number of hydrogen-bond acceptors (Lipinski definition) is 18. The van der Waals surface area contributed by atoms with Crippen LogP contribution in [0.1, 0.15) is 107 Å². The minimum Gasteiger partial charge on any atom is -0.497 e. The average Bonchev–Trinajstić information content (AvgIpc) is 1.71. The molecule has 10 aromatic rings. The average molecular weight is 1370 g/mol. The first-order chi connectivity index (χ1) is 49.7. The fraction of sp³-hybridized carbons (Fsp3) is 0.286. The molecule has 0 bridgehead atoms. The zero-order valence-corrected chi connectivity index (χ0v) is 56.8. The van der Waals surface area contributed by atoms with E-state index in [1.54, 1.807) is 79.1 Å². The van der Waals surface area contributed by atoms with E-state index in [2.05, 4.69) is 0 Å². The monoisotopic (exact) mass is 1370 g/mol. The van der Waals surface area contributed by atoms with Crippen LogP contribution in [0.25, 0.3) is 32.3 Å². The Labute approximate surface area is 587 Å². The van der Waals surface area contributed by atoms with Crippen LogP contribution in [0.4, 0.5) is 0 Å². The second-order valence-electron chi connectivity index (χ2n) is 27.4. The summed E-state index contributed by atoms with van der Waals surface area (Å²) < 4.78 is 71.5. The van der Waals surface area contributed by atoms with Crippen LogP contribution in [0.15, 0.2) is 182 Å². The highest BCUT2D eigenvalue weighted by Crippen LogP contribution is 2.57. The first-order valence-electron chi connectivity index (χ1n) is 34.4. The quantitative estimate of drug-likeness (QED) is 0.0312. The van der Waals surface area contributed by atoms with Crippen LogP contribution in [0.3, 0.4) is 0 Å². The molecular formula is C84H72O18. The van der Waals surface area contributed by atoms with Crippen molar-refractivity contribution in [2.24, 2.45) is 35.5 Å². The van der Waals surface area contributed by atoms with Crippen molar-refractivity contribution in [1.82, 2.24) is 0 Å². The van der Waals surface area contributed by atoms with Crippen molar-refractivity contribution in [3.05, 3.63) is 215 Å². The molecule has 10 aromatic carbocycles. The van der Waals surface area contributed by atoms with Gasteiger partial charge in [0, 0.05) is 0 Å². The summed E-state index contributed by atoms with van der Waals surface area (Å²) >= 11 is 0. The lowest BCUT2D eigenvalue weighted by Gasteiger charge is -2.19. The highest BCUT2D eigenvalue weighted by Gasteiger charge is 2.51. The number of ether oxygens (including phenoxy) is 12. The Morgan fingerprint density at radius 2 is 0.343 bits per heavy atom. The Morgan fingerprint density at radius 3 is 0.461 bits per heavy atom. The van der Waals surface area contributed by atoms with E-state index in [0.717, 1.165) is 33.4 Å². The van der Waals surface area contributed by atoms with Crippen molar-refractivity contribution in [3.63, 3.8) is 0 Å². The third kappa shape index (κ3) is 13.0. The fourth-order valence-electron chi connectivity index (χ4n) is 14.6. The number of esters is 6. The van der Waals surface area contributed by atoms with Gasteiger partial charge < -0.3 is 56.8 Å². The Morgan fingerprint density at radius 1 is 0.216 bits per heavy atom. The van der Waals surface area contributed by atoms with Gasteiger partial charge in [-0.05, 0) is 249 Å². The third-order valence-corrected chi connectivity index (χ3v) is 21.2. The van der Waals surface area contributed by atoms with Crippen molar-refractivity contribution >= 4 is 68.1 Å². The Kier molecular flexibility index (Phi) is 17.0. The van der Waals surface area contributed by atoms with E-state index in [1.165, 1.54) is 0 Å². The molecule has 6 aliphatic carbocycles. The molecule has 0 N–H and O–H groups in total. The molecule has 0 heterocycles. The zero-order chi connectivity index (χ0) is 70.2. The largest absolute Gasteiger partial charge is 0.497 e. The number of methoxy groups -OCH3 is 6. The van der Waals surface area contributed by atoms with Crippen LogP contribution in [-0.2, 0) is 28.8 Å². The van der Waals surface area contributed by atoms with Crippen LogP contribution in [0.2, 0.25) is 0 Å². The summed E-state index contributed by atoms with van der Waals surface area (Å²) in [7, 11) is 9.52. The van der Waals surface area contributed by atoms with Crippen LogP contribution in [-0.4, -0.2) is 78.5 Å². The molecule has 0 spiro atoms. The van der Waals surface area contributed by atoms with E-state index in [-0.39, 0.29) is 70.0 Å². The van der Waals surface area contributed by atoms with Gasteiger partial charge in [0.2, 0.25) is 0 Å². The maximum Gasteiger partial charge on any atom is 0.315 e. The Bertz CT molecular complexity index is 4140. The molecular weight excluding hydrogens is 1300 g/mol. The highest BCUT2D eigenvalue weighted by molar-refractivity contribution is 6.27. The van der Waals surface area contributed by atoms with Crippen molar-refractivity contribution in [1.29, 1.82) is 0 Å². The van der Waals surface area contributed by atoms with Crippen molar-refractivity contribution < 1.29 is 85.6 Å². The summed E-state index contributed by atoms with van der Waals surface area (Å²) in [6.45, 7) is 0. The lowest BCUT2D eigenvalue weighted by Crippen LogP contribution is -2.16. The smallest absolute Gasteiger partial charge is 0.315 e. The maximum atomic E-state index is 14.8. The highest BCUT2D eigenvalue weighted by atomic mass is 16.6. The van der Waals surface area contributed by atoms with Gasteiger partial charge in [0.25, 0.3) is 0 Å². The molecule has 16 rings (SSSR count). The molecule has 0 aliphatic heterocycles. The Hall–Kier alpha value is -11.4. The van der Waals surface area contributed by atoms with E-state index in [0.29, 0.717) is 105 Å². The van der Waals surface area contributed by atoms with Gasteiger partial charge in [0.05, 0.1) is 78.2 Å². The van der Waals surface area contributed by atoms with Crippen molar-refractivity contribution in [2.45, 2.75) is 74.0 Å². The van der Waals surface area contributed by atoms with Gasteiger partial charge in [-0.1, -0.05) is 72.8 Å². The lowest BCUT2D eigenvalue weighted by molar-refractivity contribution is -0.138. The van der Waals surface area contributed by atoms with Gasteiger partial charge in [0.1, 0.15) is 34.5 Å². The van der Waals surface area contributed by atoms with Crippen LogP contribution in [0, 0.1) is 35.5 Å². The minimum absolute atomic E-state index is 0.0810. The molecule has 18 heteroatoms. The Balaban J connectivity index is 0.853. The van der Waals surface area contributed by atoms with Gasteiger partial charge in [-0.3, -0.25) is 28.8 Å². The summed E-state index contributed by atoms with van der Waals surface area (Å²) in [4.78, 5) is 88.6. The van der Waals surface area contributed by atoms with Gasteiger partial charge >= 0.3 is 35.8 Å². The number of carbonyl (C=O) groups excluding carboxylic acids is 6. The fourth-order valence-corrected chi connectivity index (χ4v) is 14.6. The summed E-state index contributed by atoms with van der Waals surface area (Å²) in [5.41, 5.74) is 5.53. The third-order valence-electron chi connectivity index (χ3n) is 21.2. The van der Waals surface area contributed by atoms with Crippen molar-refractivity contribution in [3.8, 4) is 69.0 Å². The van der Waals surface area contributed by atoms with Gasteiger partial charge in [-0.2, -0.15) is 0 Å². The standard InChI is InChI=1S/C84H72O18/c1-91-49-19-7-43(8-20-49)55-31-67(55)79(85)97-73-37-61-62(38-74(73)98-80(86)68-32-56(68)44-9-21-50(92-2)22-10-44)64-40-76(100-82(88)70-34-58(70)46-13-25-52(94-4)26-14-46)78(102-84(90)72-36-60(72)48-17-29-54(96-6)30-18-48)42-66(64)65-41-77(101-83(89)71-35-59(71)47-15-27-53(95-5)28-16-47)75(39-63(61)65)99-81(87)69-33-57(69)45-11-23-51(93-3)24-12-45/h7-30,37-42,55-60,67-72H,31-36H2,1-6H3. The number of carbonyl (C=O) groups is 6. The zero-order valence-electron chi connectivity index (χ0n) is 56.8. The topological polar surface area (TPSA) is 213 Å². The molecule has 516 valence electrons. The molecule has 0 saturated heterocycles. The number of benzene rings is 10. The first kappa shape index (κ1) is 65.2. The van der Waals surface area contributed by atoms with E-state index in [9.17, 15) is 28.8 Å². The molecule has 0 radical (unpaired) electrons. The van der Waals surface area contributed by atoms with Gasteiger partial charge in [-0.15, -0.1) is 0 Å². The summed E-state index contributed by atoms with van der Waals surface area (Å²) in [6.07, 6.45) is 2.94. The molecule has 12 atom stereocenters. The second kappa shape index (κ2) is 26.6. The molecule has 18 nitrogen and oxygen atoms in total. The molecule has 6 saturated carbocycles. The van der Waals surface area contributed by atoms with Gasteiger partial charge in [0.15, 0.2) is 34.5 Å². The van der Waals surface area contributed by atoms with E-state index in [1.807, 2.05) is 146 Å². The number of fused-ring (bicyclic) bond motifs is 6. The van der Waals surface area contributed by atoms with Gasteiger partial charge in [-0.25, -0.2) is 0 Å². The predicted molar refractivity (Wildman–Crippen MR) is 376 cm³/mol. The van der Waals surface area contributed by atoms with Crippen LogP contribution >= 0.6 is 0 Å². The second-order valence-corrected chi connectivity index (χ2v) is 27.4. The first-order valence-corrected chi connectivity index (χ1v) is 34.4. The van der Waals surface area contributed by atoms with E-state index in [4.69, 9.17) is 56.8 Å². The molecule has 0 amide bonds. The molecule has 102 heavy (non-hydrogen) atoms. The molecule has 6 aliphatic rings. The van der Waals surface area contributed by atoms with E-state index < -0.39 is 71.3 Å². The number of rotatable bonds is 24. The predicted octanol–water partition coefficient (Wildman–Crippen LogP) is 15.5. The molecule has 12 unspecified atom stereocenters. The minimum atomic E-state index is -0.564. The number of hydrogen-bond donors (Lipinski definition) is 0. The normalized spacial score (nSPS) is 23.0. The SMILES string of the molecule is COc1ccc(C2CC2C(=O)Oc2cc3c4cc(OC(=O)C5CC5c5ccc(OC)cc5)c(OC(=O)C5CC5c5ccc(OC)cc5)cc4c4cc(OC(=O)C5CC5c5ccc(OC)cc5)c(OC(=O)C5CC5c5ccc(OC)cc5)cc4c3cc2OC(=O)C2CC2c2ccc(OC)cc2)cc1. The summed E-state index contributed by atoms with van der Waals surface area (Å²) in [5, 5.41) is 2.38.